The molecule has 0 aliphatic rings. The van der Waals surface area contributed by atoms with Crippen molar-refractivity contribution in [3.8, 4) is 5.69 Å². The van der Waals surface area contributed by atoms with E-state index in [0.29, 0.717) is 0 Å². The number of nitrogens with zero attached hydrogens (tertiary/aromatic N) is 2. The van der Waals surface area contributed by atoms with Crippen LogP contribution in [0.4, 0.5) is 0 Å². The molecule has 0 bridgehead atoms. The quantitative estimate of drug-likeness (QED) is 0.639. The third kappa shape index (κ3) is 3.46. The molecule has 0 fully saturated rings. The molecule has 1 N–H and O–H groups in total. The van der Waals surface area contributed by atoms with Crippen LogP contribution in [0.3, 0.4) is 0 Å². The van der Waals surface area contributed by atoms with Crippen molar-refractivity contribution in [1.82, 2.24) is 15.1 Å². The van der Waals surface area contributed by atoms with E-state index in [1.54, 1.807) is 0 Å². The van der Waals surface area contributed by atoms with Crippen molar-refractivity contribution in [1.29, 1.82) is 0 Å². The van der Waals surface area contributed by atoms with Gasteiger partial charge in [-0.25, -0.2) is 4.68 Å². The van der Waals surface area contributed by atoms with E-state index >= 15 is 0 Å². The highest BCUT2D eigenvalue weighted by atomic mass is 127. The molecule has 3 nitrogen and oxygen atoms in total. The molecule has 1 heterocycles. The van der Waals surface area contributed by atoms with Gasteiger partial charge in [-0.05, 0) is 59.8 Å². The fourth-order valence-electron chi connectivity index (χ4n) is 1.65. The Bertz CT molecular complexity index is 525. The summed E-state index contributed by atoms with van der Waals surface area (Å²) in [6, 6.07) is 7.84. The first-order chi connectivity index (χ1) is 8.70. The largest absolute Gasteiger partial charge is 0.311 e. The van der Waals surface area contributed by atoms with Gasteiger partial charge < -0.3 is 5.32 Å². The van der Waals surface area contributed by atoms with Gasteiger partial charge >= 0.3 is 0 Å². The first-order valence-electron chi connectivity index (χ1n) is 5.91. The molecular weight excluding hydrogens is 361 g/mol. The van der Waals surface area contributed by atoms with Crippen molar-refractivity contribution in [2.45, 2.75) is 19.9 Å². The maximum atomic E-state index is 5.95. The van der Waals surface area contributed by atoms with Gasteiger partial charge in [0.25, 0.3) is 0 Å². The second kappa shape index (κ2) is 6.54. The lowest BCUT2D eigenvalue weighted by Gasteiger charge is -2.05. The minimum absolute atomic E-state index is 0.750. The second-order valence-corrected chi connectivity index (χ2v) is 5.62. The molecule has 0 unspecified atom stereocenters. The number of hydrogen-bond donors (Lipinski definition) is 1. The number of nitrogens with one attached hydrogen (secondary N) is 1. The Morgan fingerprint density at radius 1 is 1.39 bits per heavy atom. The second-order valence-electron chi connectivity index (χ2n) is 4.02. The van der Waals surface area contributed by atoms with Crippen molar-refractivity contribution in [3.63, 3.8) is 0 Å². The van der Waals surface area contributed by atoms with Crippen LogP contribution in [0.1, 0.15) is 19.0 Å². The van der Waals surface area contributed by atoms with Gasteiger partial charge in [-0.2, -0.15) is 5.10 Å². The number of benzene rings is 1. The first kappa shape index (κ1) is 13.8. The molecule has 96 valence electrons. The van der Waals surface area contributed by atoms with E-state index in [4.69, 9.17) is 11.6 Å². The summed E-state index contributed by atoms with van der Waals surface area (Å²) < 4.78 is 2.98. The molecule has 0 radical (unpaired) electrons. The van der Waals surface area contributed by atoms with Crippen LogP contribution >= 0.6 is 34.2 Å². The molecule has 2 rings (SSSR count). The number of halogens is 2. The summed E-state index contributed by atoms with van der Waals surface area (Å²) in [5, 5.41) is 8.64. The van der Waals surface area contributed by atoms with E-state index in [1.807, 2.05) is 35.1 Å². The van der Waals surface area contributed by atoms with Gasteiger partial charge in [0.15, 0.2) is 0 Å². The highest BCUT2D eigenvalue weighted by Gasteiger charge is 2.05. The maximum Gasteiger partial charge on any atom is 0.0780 e. The summed E-state index contributed by atoms with van der Waals surface area (Å²) >= 11 is 8.22. The molecule has 0 aliphatic carbocycles. The average molecular weight is 376 g/mol. The van der Waals surface area contributed by atoms with E-state index in [2.05, 4.69) is 39.9 Å². The summed E-state index contributed by atoms with van der Waals surface area (Å²) in [5.41, 5.74) is 2.11. The van der Waals surface area contributed by atoms with Crippen LogP contribution in [0.25, 0.3) is 5.69 Å². The molecule has 0 spiro atoms. The molecule has 1 aromatic heterocycles. The molecular formula is C13H15ClIN3. The summed E-state index contributed by atoms with van der Waals surface area (Å²) in [4.78, 5) is 0. The van der Waals surface area contributed by atoms with Crippen LogP contribution in [0.15, 0.2) is 30.5 Å². The summed E-state index contributed by atoms with van der Waals surface area (Å²) in [5.74, 6) is 0. The standard InChI is InChI=1S/C13H15ClIN3/c1-2-6-16-9-11-5-7-18(17-11)13-4-3-10(14)8-12(13)15/h3-5,7-8,16H,2,6,9H2,1H3. The third-order valence-corrected chi connectivity index (χ3v) is 3.63. The third-order valence-electron chi connectivity index (χ3n) is 2.53. The van der Waals surface area contributed by atoms with Gasteiger partial charge in [0.1, 0.15) is 0 Å². The highest BCUT2D eigenvalue weighted by molar-refractivity contribution is 14.1. The molecule has 1 aromatic carbocycles. The van der Waals surface area contributed by atoms with E-state index in [9.17, 15) is 0 Å². The zero-order chi connectivity index (χ0) is 13.0. The lowest BCUT2D eigenvalue weighted by molar-refractivity contribution is 0.656. The average Bonchev–Trinajstić information content (AvgIpc) is 2.78. The van der Waals surface area contributed by atoms with Crippen LogP contribution in [0.5, 0.6) is 0 Å². The predicted molar refractivity (Wildman–Crippen MR) is 83.3 cm³/mol. The SMILES string of the molecule is CCCNCc1ccn(-c2ccc(Cl)cc2I)n1. The van der Waals surface area contributed by atoms with E-state index in [1.165, 1.54) is 0 Å². The number of aromatic nitrogens is 2. The molecule has 0 saturated heterocycles. The van der Waals surface area contributed by atoms with E-state index in [-0.39, 0.29) is 0 Å². The molecule has 0 atom stereocenters. The van der Waals surface area contributed by atoms with Crippen LogP contribution in [-0.2, 0) is 6.54 Å². The van der Waals surface area contributed by atoms with Crippen molar-refractivity contribution >= 4 is 34.2 Å². The van der Waals surface area contributed by atoms with Gasteiger partial charge in [0.2, 0.25) is 0 Å². The molecule has 2 aromatic rings. The molecule has 0 aliphatic heterocycles. The van der Waals surface area contributed by atoms with Crippen molar-refractivity contribution < 1.29 is 0 Å². The van der Waals surface area contributed by atoms with E-state index in [0.717, 1.165) is 39.5 Å². The summed E-state index contributed by atoms with van der Waals surface area (Å²) in [7, 11) is 0. The lowest BCUT2D eigenvalue weighted by Crippen LogP contribution is -2.14. The normalized spacial score (nSPS) is 10.8. The zero-order valence-electron chi connectivity index (χ0n) is 10.2. The van der Waals surface area contributed by atoms with Gasteiger partial charge in [-0.1, -0.05) is 18.5 Å². The predicted octanol–water partition coefficient (Wildman–Crippen LogP) is 3.63. The fourth-order valence-corrected chi connectivity index (χ4v) is 2.77. The maximum absolute atomic E-state index is 5.95. The smallest absolute Gasteiger partial charge is 0.0780 e. The van der Waals surface area contributed by atoms with Crippen LogP contribution in [0.2, 0.25) is 5.02 Å². The molecule has 0 saturated carbocycles. The monoisotopic (exact) mass is 375 g/mol. The van der Waals surface area contributed by atoms with E-state index < -0.39 is 0 Å². The topological polar surface area (TPSA) is 29.9 Å². The Morgan fingerprint density at radius 3 is 2.94 bits per heavy atom. The van der Waals surface area contributed by atoms with Crippen LogP contribution in [0, 0.1) is 3.57 Å². The first-order valence-corrected chi connectivity index (χ1v) is 7.37. The summed E-state index contributed by atoms with van der Waals surface area (Å²) in [6.07, 6.45) is 3.12. The lowest BCUT2D eigenvalue weighted by atomic mass is 10.3. The Hall–Kier alpha value is -0.590. The molecule has 5 heteroatoms. The summed E-state index contributed by atoms with van der Waals surface area (Å²) in [6.45, 7) is 3.98. The molecule has 0 amide bonds. The fraction of sp³-hybridized carbons (Fsp3) is 0.308. The Morgan fingerprint density at radius 2 is 2.22 bits per heavy atom. The Balaban J connectivity index is 2.13. The minimum atomic E-state index is 0.750. The van der Waals surface area contributed by atoms with Crippen LogP contribution < -0.4 is 5.32 Å². The van der Waals surface area contributed by atoms with Crippen molar-refractivity contribution in [2.24, 2.45) is 0 Å². The highest BCUT2D eigenvalue weighted by Crippen LogP contribution is 2.21. The molecule has 18 heavy (non-hydrogen) atoms. The van der Waals surface area contributed by atoms with Gasteiger partial charge in [-0.3, -0.25) is 0 Å². The van der Waals surface area contributed by atoms with Gasteiger partial charge in [-0.15, -0.1) is 0 Å². The van der Waals surface area contributed by atoms with Crippen LogP contribution in [-0.4, -0.2) is 16.3 Å². The van der Waals surface area contributed by atoms with Gasteiger partial charge in [0, 0.05) is 21.3 Å². The van der Waals surface area contributed by atoms with Crippen molar-refractivity contribution in [2.75, 3.05) is 6.54 Å². The minimum Gasteiger partial charge on any atom is -0.311 e. The number of hydrogen-bond acceptors (Lipinski definition) is 2. The Kier molecular flexibility index (Phi) is 5.03. The van der Waals surface area contributed by atoms with Crippen molar-refractivity contribution in [3.05, 3.63) is 44.7 Å². The number of rotatable bonds is 5. The van der Waals surface area contributed by atoms with Gasteiger partial charge in [0.05, 0.1) is 11.4 Å². The Labute approximate surface area is 126 Å². The zero-order valence-corrected chi connectivity index (χ0v) is 13.1.